The molecular formula is C16H24N2O. The lowest BCUT2D eigenvalue weighted by Gasteiger charge is -2.44. The predicted octanol–water partition coefficient (Wildman–Crippen LogP) is 2.15. The molecule has 0 bridgehead atoms. The summed E-state index contributed by atoms with van der Waals surface area (Å²) in [4.78, 5) is 5.30. The second-order valence-corrected chi connectivity index (χ2v) is 5.71. The molecule has 0 saturated carbocycles. The summed E-state index contributed by atoms with van der Waals surface area (Å²) in [5.74, 6) is 0. The summed E-state index contributed by atoms with van der Waals surface area (Å²) in [7, 11) is 1.79. The molecule has 2 heterocycles. The van der Waals surface area contributed by atoms with Crippen LogP contribution < -0.4 is 0 Å². The van der Waals surface area contributed by atoms with E-state index in [1.165, 1.54) is 38.0 Å². The normalized spacial score (nSPS) is 28.5. The molecule has 3 rings (SSSR count). The SMILES string of the molecule is COCCN1CC2CCCN2CC1c1ccccc1. The van der Waals surface area contributed by atoms with Gasteiger partial charge in [0.05, 0.1) is 6.61 Å². The van der Waals surface area contributed by atoms with E-state index in [1.807, 2.05) is 0 Å². The van der Waals surface area contributed by atoms with Gasteiger partial charge in [-0.25, -0.2) is 0 Å². The van der Waals surface area contributed by atoms with Crippen molar-refractivity contribution >= 4 is 0 Å². The van der Waals surface area contributed by atoms with Gasteiger partial charge in [0, 0.05) is 38.8 Å². The third-order valence-electron chi connectivity index (χ3n) is 4.56. The van der Waals surface area contributed by atoms with Gasteiger partial charge >= 0.3 is 0 Å². The Labute approximate surface area is 116 Å². The van der Waals surface area contributed by atoms with Gasteiger partial charge in [0.1, 0.15) is 0 Å². The average molecular weight is 260 g/mol. The van der Waals surface area contributed by atoms with Crippen LogP contribution in [0, 0.1) is 0 Å². The van der Waals surface area contributed by atoms with Crippen LogP contribution in [0.5, 0.6) is 0 Å². The molecule has 0 amide bonds. The van der Waals surface area contributed by atoms with Crippen molar-refractivity contribution in [3.05, 3.63) is 35.9 Å². The maximum absolute atomic E-state index is 5.28. The smallest absolute Gasteiger partial charge is 0.0589 e. The molecule has 0 aromatic heterocycles. The summed E-state index contributed by atoms with van der Waals surface area (Å²) < 4.78 is 5.28. The second-order valence-electron chi connectivity index (χ2n) is 5.71. The van der Waals surface area contributed by atoms with Crippen molar-refractivity contribution in [2.75, 3.05) is 39.9 Å². The molecule has 0 radical (unpaired) electrons. The second kappa shape index (κ2) is 6.04. The molecule has 1 aromatic carbocycles. The van der Waals surface area contributed by atoms with Gasteiger partial charge in [-0.15, -0.1) is 0 Å². The summed E-state index contributed by atoms with van der Waals surface area (Å²) in [6.45, 7) is 5.53. The van der Waals surface area contributed by atoms with Crippen molar-refractivity contribution in [3.8, 4) is 0 Å². The number of fused-ring (bicyclic) bond motifs is 1. The van der Waals surface area contributed by atoms with Gasteiger partial charge in [-0.3, -0.25) is 9.80 Å². The Kier molecular flexibility index (Phi) is 4.16. The lowest BCUT2D eigenvalue weighted by Crippen LogP contribution is -2.52. The first-order chi connectivity index (χ1) is 9.38. The number of piperazine rings is 1. The fourth-order valence-electron chi connectivity index (χ4n) is 3.52. The van der Waals surface area contributed by atoms with Crippen LogP contribution >= 0.6 is 0 Å². The summed E-state index contributed by atoms with van der Waals surface area (Å²) in [5.41, 5.74) is 1.45. The van der Waals surface area contributed by atoms with Crippen molar-refractivity contribution in [3.63, 3.8) is 0 Å². The quantitative estimate of drug-likeness (QED) is 0.825. The average Bonchev–Trinajstić information content (AvgIpc) is 2.92. The zero-order chi connectivity index (χ0) is 13.1. The van der Waals surface area contributed by atoms with Crippen LogP contribution in [0.15, 0.2) is 30.3 Å². The number of methoxy groups -OCH3 is 1. The first-order valence-electron chi connectivity index (χ1n) is 7.40. The van der Waals surface area contributed by atoms with Crippen LogP contribution in [0.3, 0.4) is 0 Å². The molecule has 19 heavy (non-hydrogen) atoms. The maximum Gasteiger partial charge on any atom is 0.0589 e. The highest BCUT2D eigenvalue weighted by molar-refractivity contribution is 5.20. The largest absolute Gasteiger partial charge is 0.383 e. The first kappa shape index (κ1) is 13.1. The molecule has 104 valence electrons. The highest BCUT2D eigenvalue weighted by Crippen LogP contribution is 2.32. The Hall–Kier alpha value is -0.900. The van der Waals surface area contributed by atoms with Crippen LogP contribution in [-0.4, -0.2) is 55.7 Å². The maximum atomic E-state index is 5.28. The van der Waals surface area contributed by atoms with E-state index in [1.54, 1.807) is 7.11 Å². The molecule has 1 aromatic rings. The summed E-state index contributed by atoms with van der Waals surface area (Å²) in [6, 6.07) is 12.2. The molecule has 0 N–H and O–H groups in total. The minimum absolute atomic E-state index is 0.533. The number of hydrogen-bond acceptors (Lipinski definition) is 3. The lowest BCUT2D eigenvalue weighted by atomic mass is 10.00. The minimum Gasteiger partial charge on any atom is -0.383 e. The zero-order valence-electron chi connectivity index (χ0n) is 11.8. The Bertz CT molecular complexity index is 395. The Morgan fingerprint density at radius 1 is 1.21 bits per heavy atom. The van der Waals surface area contributed by atoms with Gasteiger partial charge in [-0.05, 0) is 24.9 Å². The van der Waals surface area contributed by atoms with Crippen molar-refractivity contribution in [2.45, 2.75) is 24.9 Å². The van der Waals surface area contributed by atoms with E-state index in [-0.39, 0.29) is 0 Å². The number of hydrogen-bond donors (Lipinski definition) is 0. The van der Waals surface area contributed by atoms with Crippen LogP contribution in [0.1, 0.15) is 24.4 Å². The monoisotopic (exact) mass is 260 g/mol. The Morgan fingerprint density at radius 2 is 2.05 bits per heavy atom. The molecular weight excluding hydrogens is 236 g/mol. The van der Waals surface area contributed by atoms with E-state index < -0.39 is 0 Å². The van der Waals surface area contributed by atoms with Crippen molar-refractivity contribution in [1.82, 2.24) is 9.80 Å². The molecule has 2 fully saturated rings. The summed E-state index contributed by atoms with van der Waals surface area (Å²) in [5, 5.41) is 0. The van der Waals surface area contributed by atoms with E-state index in [0.29, 0.717) is 6.04 Å². The first-order valence-corrected chi connectivity index (χ1v) is 7.40. The van der Waals surface area contributed by atoms with Crippen LogP contribution in [0.4, 0.5) is 0 Å². The van der Waals surface area contributed by atoms with E-state index in [4.69, 9.17) is 4.74 Å². The van der Waals surface area contributed by atoms with Crippen LogP contribution in [0.2, 0.25) is 0 Å². The lowest BCUT2D eigenvalue weighted by molar-refractivity contribution is 0.0320. The highest BCUT2D eigenvalue weighted by atomic mass is 16.5. The van der Waals surface area contributed by atoms with Gasteiger partial charge in [0.25, 0.3) is 0 Å². The molecule has 0 aliphatic carbocycles. The molecule has 0 spiro atoms. The summed E-state index contributed by atoms with van der Waals surface area (Å²) >= 11 is 0. The van der Waals surface area contributed by atoms with Crippen molar-refractivity contribution < 1.29 is 4.74 Å². The van der Waals surface area contributed by atoms with Crippen LogP contribution in [0.25, 0.3) is 0 Å². The fourth-order valence-corrected chi connectivity index (χ4v) is 3.52. The molecule has 3 nitrogen and oxygen atoms in total. The molecule has 2 atom stereocenters. The predicted molar refractivity (Wildman–Crippen MR) is 77.2 cm³/mol. The van der Waals surface area contributed by atoms with E-state index in [2.05, 4.69) is 40.1 Å². The zero-order valence-corrected chi connectivity index (χ0v) is 11.8. The van der Waals surface area contributed by atoms with Gasteiger partial charge in [-0.2, -0.15) is 0 Å². The minimum atomic E-state index is 0.533. The molecule has 2 aliphatic heterocycles. The molecule has 2 aliphatic rings. The van der Waals surface area contributed by atoms with Gasteiger partial charge in [0.2, 0.25) is 0 Å². The topological polar surface area (TPSA) is 15.7 Å². The number of ether oxygens (including phenoxy) is 1. The van der Waals surface area contributed by atoms with E-state index >= 15 is 0 Å². The van der Waals surface area contributed by atoms with E-state index in [9.17, 15) is 0 Å². The number of rotatable bonds is 4. The number of benzene rings is 1. The third-order valence-corrected chi connectivity index (χ3v) is 4.56. The van der Waals surface area contributed by atoms with Crippen molar-refractivity contribution in [1.29, 1.82) is 0 Å². The molecule has 2 saturated heterocycles. The van der Waals surface area contributed by atoms with Crippen LogP contribution in [-0.2, 0) is 4.74 Å². The molecule has 3 heteroatoms. The van der Waals surface area contributed by atoms with E-state index in [0.717, 1.165) is 19.2 Å². The molecule has 2 unspecified atom stereocenters. The standard InChI is InChI=1S/C16H24N2O/c1-19-11-10-18-12-15-8-5-9-17(15)13-16(18)14-6-3-2-4-7-14/h2-4,6-7,15-16H,5,8-13H2,1H3. The highest BCUT2D eigenvalue weighted by Gasteiger charge is 2.36. The Morgan fingerprint density at radius 3 is 2.84 bits per heavy atom. The van der Waals surface area contributed by atoms with Gasteiger partial charge in [0.15, 0.2) is 0 Å². The summed E-state index contributed by atoms with van der Waals surface area (Å²) in [6.07, 6.45) is 2.73. The fraction of sp³-hybridized carbons (Fsp3) is 0.625. The third kappa shape index (κ3) is 2.83. The Balaban J connectivity index is 1.77. The number of nitrogens with zero attached hydrogens (tertiary/aromatic N) is 2. The van der Waals surface area contributed by atoms with Crippen molar-refractivity contribution in [2.24, 2.45) is 0 Å². The van der Waals surface area contributed by atoms with Gasteiger partial charge < -0.3 is 4.74 Å². The van der Waals surface area contributed by atoms with Gasteiger partial charge in [-0.1, -0.05) is 30.3 Å².